The van der Waals surface area contributed by atoms with E-state index in [1.54, 1.807) is 0 Å². The number of nitrogens with two attached hydrogens (primary N) is 1. The molecule has 2 unspecified atom stereocenters. The molecule has 0 aromatic rings. The number of nitrogens with one attached hydrogen (secondary N) is 1. The summed E-state index contributed by atoms with van der Waals surface area (Å²) in [6.07, 6.45) is 0.0957. The molecule has 116 valence electrons. The lowest BCUT2D eigenvalue weighted by molar-refractivity contribution is -0.143. The highest BCUT2D eigenvalue weighted by Gasteiger charge is 2.16. The van der Waals surface area contributed by atoms with Gasteiger partial charge in [0.25, 0.3) is 0 Å². The van der Waals surface area contributed by atoms with Crippen LogP contribution in [0.5, 0.6) is 0 Å². The van der Waals surface area contributed by atoms with Gasteiger partial charge in [0.15, 0.2) is 0 Å². The molecule has 4 N–H and O–H groups in total. The van der Waals surface area contributed by atoms with E-state index in [-0.39, 0.29) is 24.4 Å². The Kier molecular flexibility index (Phi) is 11.3. The number of methoxy groups -OCH3 is 1. The number of carbonyl (C=O) groups is 4. The van der Waals surface area contributed by atoms with Crippen molar-refractivity contribution >= 4 is 23.5 Å². The molecule has 0 bridgehead atoms. The van der Waals surface area contributed by atoms with Crippen LogP contribution in [0.2, 0.25) is 0 Å². The third-order valence-electron chi connectivity index (χ3n) is 2.15. The lowest BCUT2D eigenvalue weighted by Gasteiger charge is -2.06. The molecule has 8 nitrogen and oxygen atoms in total. The number of carboxylic acid groups (broad SMARTS) is 1. The molecule has 8 heteroatoms. The highest BCUT2D eigenvalue weighted by Crippen LogP contribution is 1.92. The van der Waals surface area contributed by atoms with Crippen LogP contribution in [0.1, 0.15) is 26.7 Å². The van der Waals surface area contributed by atoms with E-state index in [0.29, 0.717) is 0 Å². The number of ketones is 2. The zero-order valence-electron chi connectivity index (χ0n) is 12.1. The van der Waals surface area contributed by atoms with Crippen LogP contribution >= 0.6 is 0 Å². The Morgan fingerprint density at radius 3 is 1.80 bits per heavy atom. The van der Waals surface area contributed by atoms with Crippen molar-refractivity contribution in [2.45, 2.75) is 38.8 Å². The molecule has 0 saturated heterocycles. The van der Waals surface area contributed by atoms with E-state index in [1.807, 2.05) is 0 Å². The van der Waals surface area contributed by atoms with Gasteiger partial charge in [-0.25, -0.2) is 0 Å². The summed E-state index contributed by atoms with van der Waals surface area (Å²) in [4.78, 5) is 41.6. The number of hydrogen-bond acceptors (Lipinski definition) is 7. The zero-order valence-corrected chi connectivity index (χ0v) is 12.1. The Morgan fingerprint density at radius 1 is 1.15 bits per heavy atom. The van der Waals surface area contributed by atoms with Gasteiger partial charge in [0.1, 0.15) is 23.7 Å². The molecule has 0 heterocycles. The Hall–Kier alpha value is -1.80. The number of esters is 1. The summed E-state index contributed by atoms with van der Waals surface area (Å²) in [7, 11) is 2.75. The first-order chi connectivity index (χ1) is 9.15. The standard InChI is InChI=1S/2C6H11NO3/c1-4(8)3-5(7)6(9)10-2;1-4(8)3-5(7-2)6(9)10/h5H,3,7H2,1-2H3;5,7H,3H2,1-2H3,(H,9,10). The molecule has 0 aliphatic heterocycles. The van der Waals surface area contributed by atoms with Gasteiger partial charge in [-0.3, -0.25) is 19.2 Å². The normalized spacial score (nSPS) is 12.4. The highest BCUT2D eigenvalue weighted by molar-refractivity contribution is 5.85. The Morgan fingerprint density at radius 2 is 1.60 bits per heavy atom. The van der Waals surface area contributed by atoms with E-state index in [2.05, 4.69) is 10.1 Å². The SMILES string of the molecule is CNC(CC(C)=O)C(=O)O.COC(=O)C(N)CC(C)=O. The van der Waals surface area contributed by atoms with E-state index in [0.717, 1.165) is 0 Å². The molecule has 20 heavy (non-hydrogen) atoms. The van der Waals surface area contributed by atoms with Gasteiger partial charge in [0, 0.05) is 12.8 Å². The van der Waals surface area contributed by atoms with Crippen molar-refractivity contribution in [1.82, 2.24) is 5.32 Å². The maximum Gasteiger partial charge on any atom is 0.323 e. The second-order valence-electron chi connectivity index (χ2n) is 4.12. The topological polar surface area (TPSA) is 136 Å². The predicted molar refractivity (Wildman–Crippen MR) is 71.1 cm³/mol. The van der Waals surface area contributed by atoms with E-state index in [9.17, 15) is 19.2 Å². The first kappa shape index (κ1) is 20.5. The number of likely N-dealkylation sites (N-methyl/N-ethyl adjacent to an activating group) is 1. The van der Waals surface area contributed by atoms with Crippen LogP contribution in [-0.2, 0) is 23.9 Å². The third kappa shape index (κ3) is 11.3. The van der Waals surface area contributed by atoms with E-state index < -0.39 is 24.0 Å². The van der Waals surface area contributed by atoms with Gasteiger partial charge in [-0.15, -0.1) is 0 Å². The number of hydrogen-bond donors (Lipinski definition) is 3. The van der Waals surface area contributed by atoms with E-state index in [1.165, 1.54) is 28.0 Å². The van der Waals surface area contributed by atoms with Crippen molar-refractivity contribution in [3.05, 3.63) is 0 Å². The van der Waals surface area contributed by atoms with Gasteiger partial charge in [-0.1, -0.05) is 0 Å². The highest BCUT2D eigenvalue weighted by atomic mass is 16.5. The van der Waals surface area contributed by atoms with Crippen LogP contribution in [-0.4, -0.2) is 54.9 Å². The second-order valence-corrected chi connectivity index (χ2v) is 4.12. The van der Waals surface area contributed by atoms with E-state index in [4.69, 9.17) is 10.8 Å². The summed E-state index contributed by atoms with van der Waals surface area (Å²) in [5, 5.41) is 10.9. The van der Waals surface area contributed by atoms with Gasteiger partial charge in [-0.05, 0) is 20.9 Å². The number of carbonyl (C=O) groups excluding carboxylic acids is 3. The summed E-state index contributed by atoms with van der Waals surface area (Å²) >= 11 is 0. The summed E-state index contributed by atoms with van der Waals surface area (Å²) in [5.41, 5.74) is 5.23. The minimum absolute atomic E-state index is 0.0475. The van der Waals surface area contributed by atoms with Crippen molar-refractivity contribution in [2.24, 2.45) is 5.73 Å². The Bertz CT molecular complexity index is 356. The minimum Gasteiger partial charge on any atom is -0.480 e. The first-order valence-electron chi connectivity index (χ1n) is 5.88. The predicted octanol–water partition coefficient (Wildman–Crippen LogP) is -0.896. The van der Waals surface area contributed by atoms with E-state index >= 15 is 0 Å². The van der Waals surface area contributed by atoms with Crippen LogP contribution in [0, 0.1) is 0 Å². The van der Waals surface area contributed by atoms with Gasteiger partial charge in [0.05, 0.1) is 7.11 Å². The smallest absolute Gasteiger partial charge is 0.323 e. The van der Waals surface area contributed by atoms with Gasteiger partial charge < -0.3 is 20.9 Å². The molecule has 0 fully saturated rings. The largest absolute Gasteiger partial charge is 0.480 e. The molecule has 0 aliphatic carbocycles. The molecule has 0 rings (SSSR count). The second kappa shape index (κ2) is 11.1. The maximum atomic E-state index is 10.5. The minimum atomic E-state index is -0.988. The molecule has 0 radical (unpaired) electrons. The zero-order chi connectivity index (χ0) is 16.3. The number of ether oxygens (including phenoxy) is 1. The van der Waals surface area contributed by atoms with Gasteiger partial charge in [-0.2, -0.15) is 0 Å². The molecule has 0 aromatic carbocycles. The molecule has 0 spiro atoms. The average molecular weight is 290 g/mol. The number of Topliss-reactive ketones (excluding diaryl/α,β-unsaturated/α-hetero) is 2. The van der Waals surface area contributed by atoms with Crippen molar-refractivity contribution in [3.8, 4) is 0 Å². The van der Waals surface area contributed by atoms with Crippen LogP contribution in [0.25, 0.3) is 0 Å². The summed E-state index contributed by atoms with van der Waals surface area (Å²) in [6, 6.07) is -1.54. The van der Waals surface area contributed by atoms with Crippen LogP contribution in [0.4, 0.5) is 0 Å². The maximum absolute atomic E-state index is 10.5. The monoisotopic (exact) mass is 290 g/mol. The van der Waals surface area contributed by atoms with Gasteiger partial charge in [0.2, 0.25) is 0 Å². The quantitative estimate of drug-likeness (QED) is 0.513. The average Bonchev–Trinajstić information content (AvgIpc) is 2.34. The van der Waals surface area contributed by atoms with Crippen LogP contribution < -0.4 is 11.1 Å². The number of carboxylic acids is 1. The first-order valence-corrected chi connectivity index (χ1v) is 5.88. The molecular formula is C12H22N2O6. The Labute approximate surface area is 117 Å². The lowest BCUT2D eigenvalue weighted by atomic mass is 10.1. The van der Waals surface area contributed by atoms with Crippen molar-refractivity contribution in [1.29, 1.82) is 0 Å². The van der Waals surface area contributed by atoms with Crippen LogP contribution in [0.15, 0.2) is 0 Å². The van der Waals surface area contributed by atoms with Crippen LogP contribution in [0.3, 0.4) is 0 Å². The summed E-state index contributed by atoms with van der Waals surface area (Å²) in [6.45, 7) is 2.75. The summed E-state index contributed by atoms with van der Waals surface area (Å²) in [5.74, 6) is -1.77. The molecular weight excluding hydrogens is 268 g/mol. The number of aliphatic carboxylic acids is 1. The molecule has 2 atom stereocenters. The fraction of sp³-hybridized carbons (Fsp3) is 0.667. The Balaban J connectivity index is 0. The third-order valence-corrected chi connectivity index (χ3v) is 2.15. The molecule has 0 amide bonds. The molecule has 0 saturated carbocycles. The molecule has 0 aromatic heterocycles. The van der Waals surface area contributed by atoms with Crippen molar-refractivity contribution < 1.29 is 29.0 Å². The molecule has 0 aliphatic rings. The summed E-state index contributed by atoms with van der Waals surface area (Å²) < 4.78 is 4.30. The van der Waals surface area contributed by atoms with Crippen molar-refractivity contribution in [2.75, 3.05) is 14.2 Å². The van der Waals surface area contributed by atoms with Gasteiger partial charge >= 0.3 is 11.9 Å². The fourth-order valence-electron chi connectivity index (χ4n) is 1.14. The lowest BCUT2D eigenvalue weighted by Crippen LogP contribution is -2.35. The fourth-order valence-corrected chi connectivity index (χ4v) is 1.14. The number of rotatable bonds is 7. The van der Waals surface area contributed by atoms with Crippen molar-refractivity contribution in [3.63, 3.8) is 0 Å².